The molecule has 0 saturated carbocycles. The number of rotatable bonds is 4. The summed E-state index contributed by atoms with van der Waals surface area (Å²) >= 11 is 0. The molecule has 1 aromatic carbocycles. The highest BCUT2D eigenvalue weighted by atomic mass is 19.4. The van der Waals surface area contributed by atoms with Gasteiger partial charge in [-0.1, -0.05) is 12.1 Å². The van der Waals surface area contributed by atoms with Crippen LogP contribution in [0.5, 0.6) is 0 Å². The van der Waals surface area contributed by atoms with Crippen molar-refractivity contribution >= 4 is 11.6 Å². The summed E-state index contributed by atoms with van der Waals surface area (Å²) in [7, 11) is 0. The maximum absolute atomic E-state index is 12.2. The maximum Gasteiger partial charge on any atom is 0.389 e. The SMILES string of the molecule is O=C(Nc1cccc(CCC(F)(F)F)c1)C1COCCN1. The molecule has 0 aromatic heterocycles. The smallest absolute Gasteiger partial charge is 0.378 e. The summed E-state index contributed by atoms with van der Waals surface area (Å²) in [6.07, 6.45) is -5.15. The first-order chi connectivity index (χ1) is 9.94. The van der Waals surface area contributed by atoms with E-state index in [1.165, 1.54) is 0 Å². The number of benzene rings is 1. The first-order valence-electron chi connectivity index (χ1n) is 6.72. The van der Waals surface area contributed by atoms with E-state index in [1.54, 1.807) is 24.3 Å². The molecular weight excluding hydrogens is 285 g/mol. The monoisotopic (exact) mass is 302 g/mol. The van der Waals surface area contributed by atoms with E-state index in [1.807, 2.05) is 0 Å². The van der Waals surface area contributed by atoms with Crippen molar-refractivity contribution in [3.05, 3.63) is 29.8 Å². The predicted molar refractivity (Wildman–Crippen MR) is 72.1 cm³/mol. The standard InChI is InChI=1S/C14H17F3N2O2/c15-14(16,17)5-4-10-2-1-3-11(8-10)19-13(20)12-9-21-7-6-18-12/h1-3,8,12,18H,4-7,9H2,(H,19,20). The van der Waals surface area contributed by atoms with E-state index in [4.69, 9.17) is 4.74 Å². The lowest BCUT2D eigenvalue weighted by atomic mass is 10.1. The molecule has 0 bridgehead atoms. The van der Waals surface area contributed by atoms with Crippen LogP contribution in [0.15, 0.2) is 24.3 Å². The van der Waals surface area contributed by atoms with Gasteiger partial charge in [-0.15, -0.1) is 0 Å². The number of alkyl halides is 3. The number of carbonyl (C=O) groups excluding carboxylic acids is 1. The summed E-state index contributed by atoms with van der Waals surface area (Å²) in [4.78, 5) is 12.0. The van der Waals surface area contributed by atoms with Gasteiger partial charge >= 0.3 is 6.18 Å². The van der Waals surface area contributed by atoms with Crippen LogP contribution in [-0.2, 0) is 16.0 Å². The van der Waals surface area contributed by atoms with E-state index in [0.717, 1.165) is 0 Å². The first-order valence-corrected chi connectivity index (χ1v) is 6.72. The van der Waals surface area contributed by atoms with Crippen molar-refractivity contribution in [3.63, 3.8) is 0 Å². The molecule has 2 N–H and O–H groups in total. The second-order valence-corrected chi connectivity index (χ2v) is 4.89. The number of hydrogen-bond donors (Lipinski definition) is 2. The number of morpholine rings is 1. The fraction of sp³-hybridized carbons (Fsp3) is 0.500. The molecule has 0 aliphatic carbocycles. The number of anilines is 1. The molecule has 1 amide bonds. The Bertz CT molecular complexity index is 485. The van der Waals surface area contributed by atoms with Crippen LogP contribution in [0.3, 0.4) is 0 Å². The Morgan fingerprint density at radius 2 is 2.24 bits per heavy atom. The van der Waals surface area contributed by atoms with E-state index in [2.05, 4.69) is 10.6 Å². The summed E-state index contributed by atoms with van der Waals surface area (Å²) < 4.78 is 41.8. The molecular formula is C14H17F3N2O2. The number of nitrogens with one attached hydrogen (secondary N) is 2. The van der Waals surface area contributed by atoms with Gasteiger partial charge in [0.05, 0.1) is 13.2 Å². The minimum absolute atomic E-state index is 0.0992. The van der Waals surface area contributed by atoms with Crippen molar-refractivity contribution in [1.29, 1.82) is 0 Å². The third-order valence-electron chi connectivity index (χ3n) is 3.13. The van der Waals surface area contributed by atoms with Gasteiger partial charge in [-0.2, -0.15) is 13.2 Å². The first kappa shape index (κ1) is 15.8. The minimum atomic E-state index is -4.18. The quantitative estimate of drug-likeness (QED) is 0.895. The van der Waals surface area contributed by atoms with Crippen LogP contribution in [0.25, 0.3) is 0 Å². The van der Waals surface area contributed by atoms with E-state index < -0.39 is 18.6 Å². The Balaban J connectivity index is 1.92. The molecule has 1 aromatic rings. The van der Waals surface area contributed by atoms with Gasteiger partial charge in [0.25, 0.3) is 0 Å². The molecule has 1 aliphatic heterocycles. The van der Waals surface area contributed by atoms with Crippen LogP contribution in [-0.4, -0.2) is 37.9 Å². The Kier molecular flexibility index (Phi) is 5.19. The molecule has 2 rings (SSSR count). The zero-order chi connectivity index (χ0) is 15.3. The Labute approximate surface area is 120 Å². The van der Waals surface area contributed by atoms with Gasteiger partial charge in [0.1, 0.15) is 6.04 Å². The van der Waals surface area contributed by atoms with Crippen LogP contribution in [0.2, 0.25) is 0 Å². The number of halogens is 3. The van der Waals surface area contributed by atoms with Crippen molar-refractivity contribution in [2.45, 2.75) is 25.1 Å². The van der Waals surface area contributed by atoms with Crippen LogP contribution in [0, 0.1) is 0 Å². The molecule has 1 heterocycles. The molecule has 21 heavy (non-hydrogen) atoms. The lowest BCUT2D eigenvalue weighted by molar-refractivity contribution is -0.134. The molecule has 4 nitrogen and oxygen atoms in total. The summed E-state index contributed by atoms with van der Waals surface area (Å²) in [6, 6.07) is 6.03. The third kappa shape index (κ3) is 5.35. The highest BCUT2D eigenvalue weighted by molar-refractivity contribution is 5.95. The number of carbonyl (C=O) groups is 1. The van der Waals surface area contributed by atoms with Crippen LogP contribution in [0.1, 0.15) is 12.0 Å². The molecule has 0 radical (unpaired) electrons. The highest BCUT2D eigenvalue weighted by Crippen LogP contribution is 2.23. The predicted octanol–water partition coefficient (Wildman–Crippen LogP) is 2.11. The highest BCUT2D eigenvalue weighted by Gasteiger charge is 2.26. The van der Waals surface area contributed by atoms with Crippen LogP contribution in [0.4, 0.5) is 18.9 Å². The molecule has 1 saturated heterocycles. The zero-order valence-corrected chi connectivity index (χ0v) is 11.4. The van der Waals surface area contributed by atoms with E-state index in [0.29, 0.717) is 31.0 Å². The third-order valence-corrected chi connectivity index (χ3v) is 3.13. The minimum Gasteiger partial charge on any atom is -0.378 e. The number of amides is 1. The summed E-state index contributed by atoms with van der Waals surface area (Å²) in [5.41, 5.74) is 1.03. The lowest BCUT2D eigenvalue weighted by Crippen LogP contribution is -2.48. The van der Waals surface area contributed by atoms with Crippen molar-refractivity contribution in [3.8, 4) is 0 Å². The van der Waals surface area contributed by atoms with Gasteiger partial charge in [-0.25, -0.2) is 0 Å². The van der Waals surface area contributed by atoms with Gasteiger partial charge < -0.3 is 15.4 Å². The Morgan fingerprint density at radius 3 is 2.90 bits per heavy atom. The van der Waals surface area contributed by atoms with Gasteiger partial charge in [0.15, 0.2) is 0 Å². The lowest BCUT2D eigenvalue weighted by Gasteiger charge is -2.23. The molecule has 1 fully saturated rings. The average molecular weight is 302 g/mol. The maximum atomic E-state index is 12.2. The second kappa shape index (κ2) is 6.91. The fourth-order valence-electron chi connectivity index (χ4n) is 2.05. The number of hydrogen-bond acceptors (Lipinski definition) is 3. The molecule has 1 aliphatic rings. The number of ether oxygens (including phenoxy) is 1. The van der Waals surface area contributed by atoms with E-state index >= 15 is 0 Å². The van der Waals surface area contributed by atoms with Crippen LogP contribution >= 0.6 is 0 Å². The molecule has 7 heteroatoms. The average Bonchev–Trinajstić information content (AvgIpc) is 2.46. The summed E-state index contributed by atoms with van der Waals surface area (Å²) in [6.45, 7) is 1.46. The largest absolute Gasteiger partial charge is 0.389 e. The zero-order valence-electron chi connectivity index (χ0n) is 11.4. The van der Waals surface area contributed by atoms with Crippen LogP contribution < -0.4 is 10.6 Å². The summed E-state index contributed by atoms with van der Waals surface area (Å²) in [5.74, 6) is -0.248. The van der Waals surface area contributed by atoms with E-state index in [-0.39, 0.29) is 12.3 Å². The van der Waals surface area contributed by atoms with Crippen molar-refractivity contribution in [2.75, 3.05) is 25.1 Å². The molecule has 116 valence electrons. The molecule has 1 atom stereocenters. The second-order valence-electron chi connectivity index (χ2n) is 4.89. The topological polar surface area (TPSA) is 50.4 Å². The number of aryl methyl sites for hydroxylation is 1. The fourth-order valence-corrected chi connectivity index (χ4v) is 2.05. The van der Waals surface area contributed by atoms with Crippen molar-refractivity contribution in [2.24, 2.45) is 0 Å². The van der Waals surface area contributed by atoms with Gasteiger partial charge in [-0.05, 0) is 24.1 Å². The van der Waals surface area contributed by atoms with Crippen molar-refractivity contribution < 1.29 is 22.7 Å². The Morgan fingerprint density at radius 1 is 1.43 bits per heavy atom. The van der Waals surface area contributed by atoms with Crippen molar-refractivity contribution in [1.82, 2.24) is 5.32 Å². The molecule has 1 unspecified atom stereocenters. The van der Waals surface area contributed by atoms with Gasteiger partial charge in [0.2, 0.25) is 5.91 Å². The molecule has 0 spiro atoms. The Hall–Kier alpha value is -1.60. The van der Waals surface area contributed by atoms with Gasteiger partial charge in [-0.3, -0.25) is 4.79 Å². The van der Waals surface area contributed by atoms with Gasteiger partial charge in [0, 0.05) is 18.7 Å². The van der Waals surface area contributed by atoms with E-state index in [9.17, 15) is 18.0 Å². The normalized spacial score (nSPS) is 19.3. The summed E-state index contributed by atoms with van der Waals surface area (Å²) in [5, 5.41) is 5.70.